The maximum atomic E-state index is 14.3. The first-order chi connectivity index (χ1) is 15.4. The van der Waals surface area contributed by atoms with Crippen LogP contribution < -0.4 is 11.0 Å². The molecule has 2 aromatic carbocycles. The molecule has 0 aliphatic carbocycles. The Hall–Kier alpha value is -4.14. The molecule has 0 unspecified atom stereocenters. The van der Waals surface area contributed by atoms with Crippen molar-refractivity contribution in [3.63, 3.8) is 0 Å². The number of rotatable bonds is 5. The molecule has 0 saturated heterocycles. The molecule has 4 aromatic rings. The second-order valence-corrected chi connectivity index (χ2v) is 7.21. The third kappa shape index (κ3) is 3.92. The van der Waals surface area contributed by atoms with Gasteiger partial charge in [0.2, 0.25) is 5.43 Å². The summed E-state index contributed by atoms with van der Waals surface area (Å²) < 4.78 is 15.5. The molecule has 1 amide bonds. The average molecular weight is 433 g/mol. The summed E-state index contributed by atoms with van der Waals surface area (Å²) in [6, 6.07) is 14.1. The monoisotopic (exact) mass is 433 g/mol. The van der Waals surface area contributed by atoms with Gasteiger partial charge in [0, 0.05) is 18.3 Å². The molecule has 0 atom stereocenters. The number of aryl methyl sites for hydroxylation is 1. The van der Waals surface area contributed by atoms with Crippen molar-refractivity contribution in [2.75, 3.05) is 6.54 Å². The number of benzene rings is 2. The number of para-hydroxylation sites is 2. The molecule has 2 heterocycles. The lowest BCUT2D eigenvalue weighted by molar-refractivity contribution is 0.0739. The van der Waals surface area contributed by atoms with Gasteiger partial charge in [-0.1, -0.05) is 24.3 Å². The molecule has 0 radical (unpaired) electrons. The van der Waals surface area contributed by atoms with Gasteiger partial charge in [-0.25, -0.2) is 14.1 Å². The standard InChI is InChI=1S/C23H20FN5O3/c1-3-28(13-20-25-17-10-6-4-8-15(17)22(31)26-20)23(32)21-19(30)12-14(2)29(27-21)18-11-7-5-9-16(18)24/h4-12H,3,13H2,1-2H3,(H,25,26,31). The number of carbonyl (C=O) groups is 1. The molecule has 4 rings (SSSR count). The number of fused-ring (bicyclic) bond motifs is 1. The summed E-state index contributed by atoms with van der Waals surface area (Å²) in [6.07, 6.45) is 0. The van der Waals surface area contributed by atoms with Crippen LogP contribution in [0.1, 0.15) is 28.9 Å². The second kappa shape index (κ2) is 8.54. The zero-order valence-electron chi connectivity index (χ0n) is 17.5. The summed E-state index contributed by atoms with van der Waals surface area (Å²) in [6.45, 7) is 3.56. The Labute approximate surface area is 182 Å². The average Bonchev–Trinajstić information content (AvgIpc) is 2.78. The lowest BCUT2D eigenvalue weighted by Gasteiger charge is -2.20. The van der Waals surface area contributed by atoms with E-state index in [9.17, 15) is 18.8 Å². The van der Waals surface area contributed by atoms with E-state index in [1.54, 1.807) is 50.2 Å². The first-order valence-corrected chi connectivity index (χ1v) is 10.0. The van der Waals surface area contributed by atoms with Gasteiger partial charge in [-0.05, 0) is 38.1 Å². The van der Waals surface area contributed by atoms with Gasteiger partial charge in [-0.2, -0.15) is 5.10 Å². The van der Waals surface area contributed by atoms with Crippen molar-refractivity contribution in [2.24, 2.45) is 0 Å². The summed E-state index contributed by atoms with van der Waals surface area (Å²) in [5.74, 6) is -0.890. The number of hydrogen-bond acceptors (Lipinski definition) is 5. The minimum absolute atomic E-state index is 0.0237. The van der Waals surface area contributed by atoms with E-state index in [2.05, 4.69) is 15.1 Å². The Kier molecular flexibility index (Phi) is 5.63. The van der Waals surface area contributed by atoms with Crippen molar-refractivity contribution < 1.29 is 9.18 Å². The van der Waals surface area contributed by atoms with E-state index in [-0.39, 0.29) is 35.9 Å². The number of carbonyl (C=O) groups excluding carboxylic acids is 1. The van der Waals surface area contributed by atoms with Gasteiger partial charge in [0.1, 0.15) is 17.3 Å². The van der Waals surface area contributed by atoms with Gasteiger partial charge in [0.15, 0.2) is 5.69 Å². The smallest absolute Gasteiger partial charge is 0.278 e. The molecular formula is C23H20FN5O3. The van der Waals surface area contributed by atoms with E-state index < -0.39 is 17.2 Å². The van der Waals surface area contributed by atoms with Crippen LogP contribution in [0, 0.1) is 12.7 Å². The van der Waals surface area contributed by atoms with Crippen LogP contribution in [0.5, 0.6) is 0 Å². The predicted octanol–water partition coefficient (Wildman–Crippen LogP) is 2.58. The molecule has 9 heteroatoms. The van der Waals surface area contributed by atoms with Gasteiger partial charge in [0.05, 0.1) is 17.4 Å². The third-order valence-electron chi connectivity index (χ3n) is 5.06. The molecule has 1 N–H and O–H groups in total. The van der Waals surface area contributed by atoms with Crippen molar-refractivity contribution in [2.45, 2.75) is 20.4 Å². The number of aromatic nitrogens is 4. The zero-order valence-corrected chi connectivity index (χ0v) is 17.5. The molecule has 0 fully saturated rings. The van der Waals surface area contributed by atoms with Crippen molar-refractivity contribution in [1.82, 2.24) is 24.6 Å². The van der Waals surface area contributed by atoms with E-state index in [1.807, 2.05) is 0 Å². The van der Waals surface area contributed by atoms with Crippen LogP contribution in [0.15, 0.2) is 64.2 Å². The highest BCUT2D eigenvalue weighted by Crippen LogP contribution is 2.14. The van der Waals surface area contributed by atoms with E-state index in [1.165, 1.54) is 27.8 Å². The minimum atomic E-state index is -0.640. The van der Waals surface area contributed by atoms with Crippen LogP contribution in [0.4, 0.5) is 4.39 Å². The number of nitrogens with one attached hydrogen (secondary N) is 1. The van der Waals surface area contributed by atoms with Crippen molar-refractivity contribution >= 4 is 16.8 Å². The van der Waals surface area contributed by atoms with Crippen molar-refractivity contribution in [3.8, 4) is 5.69 Å². The molecule has 0 saturated carbocycles. The summed E-state index contributed by atoms with van der Waals surface area (Å²) in [7, 11) is 0. The minimum Gasteiger partial charge on any atom is -0.330 e. The zero-order chi connectivity index (χ0) is 22.8. The van der Waals surface area contributed by atoms with Crippen LogP contribution >= 0.6 is 0 Å². The summed E-state index contributed by atoms with van der Waals surface area (Å²) in [4.78, 5) is 46.5. The first-order valence-electron chi connectivity index (χ1n) is 10.0. The van der Waals surface area contributed by atoms with Crippen LogP contribution in [-0.4, -0.2) is 37.1 Å². The fraction of sp³-hybridized carbons (Fsp3) is 0.174. The molecule has 0 aliphatic heterocycles. The normalized spacial score (nSPS) is 11.0. The Morgan fingerprint density at radius 3 is 2.59 bits per heavy atom. The number of aromatic amines is 1. The number of halogens is 1. The highest BCUT2D eigenvalue weighted by Gasteiger charge is 2.22. The molecule has 0 aliphatic rings. The Bertz CT molecular complexity index is 1440. The predicted molar refractivity (Wildman–Crippen MR) is 117 cm³/mol. The van der Waals surface area contributed by atoms with Crippen LogP contribution in [0.3, 0.4) is 0 Å². The van der Waals surface area contributed by atoms with E-state index in [0.29, 0.717) is 16.6 Å². The largest absolute Gasteiger partial charge is 0.330 e. The van der Waals surface area contributed by atoms with Gasteiger partial charge in [0.25, 0.3) is 11.5 Å². The van der Waals surface area contributed by atoms with Gasteiger partial charge in [-0.3, -0.25) is 14.4 Å². The molecule has 0 bridgehead atoms. The second-order valence-electron chi connectivity index (χ2n) is 7.21. The fourth-order valence-electron chi connectivity index (χ4n) is 3.43. The van der Waals surface area contributed by atoms with Crippen molar-refractivity contribution in [1.29, 1.82) is 0 Å². The lowest BCUT2D eigenvalue weighted by Crippen LogP contribution is -2.36. The number of amides is 1. The summed E-state index contributed by atoms with van der Waals surface area (Å²) in [5.41, 5.74) is -0.209. The van der Waals surface area contributed by atoms with Gasteiger partial charge >= 0.3 is 0 Å². The number of H-pyrrole nitrogens is 1. The molecule has 32 heavy (non-hydrogen) atoms. The maximum absolute atomic E-state index is 14.3. The quantitative estimate of drug-likeness (QED) is 0.521. The Morgan fingerprint density at radius 2 is 1.84 bits per heavy atom. The summed E-state index contributed by atoms with van der Waals surface area (Å²) >= 11 is 0. The van der Waals surface area contributed by atoms with Gasteiger partial charge < -0.3 is 9.88 Å². The fourth-order valence-corrected chi connectivity index (χ4v) is 3.43. The maximum Gasteiger partial charge on any atom is 0.278 e. The van der Waals surface area contributed by atoms with E-state index in [4.69, 9.17) is 0 Å². The van der Waals surface area contributed by atoms with Crippen LogP contribution in [-0.2, 0) is 6.54 Å². The van der Waals surface area contributed by atoms with Crippen LogP contribution in [0.25, 0.3) is 16.6 Å². The number of nitrogens with zero attached hydrogens (tertiary/aromatic N) is 4. The highest BCUT2D eigenvalue weighted by molar-refractivity contribution is 5.92. The first kappa shape index (κ1) is 21.1. The Balaban J connectivity index is 1.71. The number of hydrogen-bond donors (Lipinski definition) is 1. The molecular weight excluding hydrogens is 413 g/mol. The topological polar surface area (TPSA) is 101 Å². The summed E-state index contributed by atoms with van der Waals surface area (Å²) in [5, 5.41) is 4.60. The van der Waals surface area contributed by atoms with Gasteiger partial charge in [-0.15, -0.1) is 0 Å². The lowest BCUT2D eigenvalue weighted by atomic mass is 10.2. The van der Waals surface area contributed by atoms with E-state index >= 15 is 0 Å². The van der Waals surface area contributed by atoms with E-state index in [0.717, 1.165) is 0 Å². The molecule has 162 valence electrons. The van der Waals surface area contributed by atoms with Crippen LogP contribution in [0.2, 0.25) is 0 Å². The highest BCUT2D eigenvalue weighted by atomic mass is 19.1. The Morgan fingerprint density at radius 1 is 1.12 bits per heavy atom. The van der Waals surface area contributed by atoms with Crippen molar-refractivity contribution in [3.05, 3.63) is 98.2 Å². The molecule has 8 nitrogen and oxygen atoms in total. The molecule has 0 spiro atoms. The molecule has 2 aromatic heterocycles. The SMILES string of the molecule is CCN(Cc1nc2ccccc2c(=O)[nH]1)C(=O)c1nn(-c2ccccc2F)c(C)cc1=O. The third-order valence-corrected chi connectivity index (χ3v) is 5.06.